The molecule has 0 atom stereocenters. The highest BCUT2D eigenvalue weighted by Crippen LogP contribution is 2.40. The molecule has 0 unspecified atom stereocenters. The Labute approximate surface area is 217 Å². The van der Waals surface area contributed by atoms with Gasteiger partial charge in [0.05, 0.1) is 35.1 Å². The number of hydrogen-bond acceptors (Lipinski definition) is 7. The van der Waals surface area contributed by atoms with E-state index in [1.165, 1.54) is 18.4 Å². The molecular weight excluding hydrogens is 498 g/mol. The van der Waals surface area contributed by atoms with Gasteiger partial charge in [-0.3, -0.25) is 14.3 Å². The molecule has 3 heterocycles. The molecule has 0 fully saturated rings. The molecular formula is C27H26ClN3O4S. The van der Waals surface area contributed by atoms with Crippen LogP contribution >= 0.6 is 22.9 Å². The fraction of sp³-hybridized carbons (Fsp3) is 0.333. The number of pyridine rings is 1. The van der Waals surface area contributed by atoms with Crippen molar-refractivity contribution in [3.05, 3.63) is 73.4 Å². The Morgan fingerprint density at radius 1 is 1.14 bits per heavy atom. The number of carbonyl (C=O) groups excluding carboxylic acids is 1. The number of fused-ring (bicyclic) bond motifs is 2. The topological polar surface area (TPSA) is 83.3 Å². The molecule has 0 spiro atoms. The number of hydrogen-bond donors (Lipinski definition) is 0. The molecule has 186 valence electrons. The first kappa shape index (κ1) is 24.5. The molecule has 3 aromatic heterocycles. The molecule has 1 aromatic carbocycles. The molecule has 0 amide bonds. The van der Waals surface area contributed by atoms with Crippen LogP contribution in [-0.2, 0) is 24.1 Å². The SMILES string of the molecule is COC(=O)c1csc2c(-c3cc(Cl)ccc3OCCn3c(C)nc4c(c3=O)CCCC4)cc(C)nc12. The lowest BCUT2D eigenvalue weighted by Gasteiger charge is -2.19. The minimum atomic E-state index is -0.424. The van der Waals surface area contributed by atoms with Crippen LogP contribution in [0.1, 0.15) is 46.0 Å². The first-order valence-corrected chi connectivity index (χ1v) is 13.1. The second kappa shape index (κ2) is 10.0. The third kappa shape index (κ3) is 4.51. The highest BCUT2D eigenvalue weighted by atomic mass is 35.5. The van der Waals surface area contributed by atoms with Crippen molar-refractivity contribution in [2.75, 3.05) is 13.7 Å². The number of nitrogens with zero attached hydrogens (tertiary/aromatic N) is 3. The molecule has 0 saturated carbocycles. The maximum absolute atomic E-state index is 13.1. The first-order valence-electron chi connectivity index (χ1n) is 11.9. The number of aromatic nitrogens is 3. The quantitative estimate of drug-likeness (QED) is 0.309. The van der Waals surface area contributed by atoms with E-state index in [0.717, 1.165) is 58.5 Å². The third-order valence-electron chi connectivity index (χ3n) is 6.49. The molecule has 5 rings (SSSR count). The Balaban J connectivity index is 1.48. The molecule has 1 aliphatic carbocycles. The van der Waals surface area contributed by atoms with Crippen LogP contribution in [0, 0.1) is 13.8 Å². The minimum absolute atomic E-state index is 0.0394. The molecule has 4 aromatic rings. The van der Waals surface area contributed by atoms with Crippen LogP contribution in [0.25, 0.3) is 21.3 Å². The zero-order chi connectivity index (χ0) is 25.4. The Morgan fingerprint density at radius 3 is 2.75 bits per heavy atom. The van der Waals surface area contributed by atoms with Crippen molar-refractivity contribution in [3.8, 4) is 16.9 Å². The lowest BCUT2D eigenvalue weighted by atomic mass is 9.97. The van der Waals surface area contributed by atoms with Gasteiger partial charge < -0.3 is 9.47 Å². The van der Waals surface area contributed by atoms with E-state index in [4.69, 9.17) is 26.1 Å². The Hall–Kier alpha value is -3.23. The summed E-state index contributed by atoms with van der Waals surface area (Å²) in [6.07, 6.45) is 3.77. The number of carbonyl (C=O) groups is 1. The van der Waals surface area contributed by atoms with E-state index in [9.17, 15) is 9.59 Å². The highest BCUT2D eigenvalue weighted by molar-refractivity contribution is 7.18. The van der Waals surface area contributed by atoms with Gasteiger partial charge in [-0.25, -0.2) is 9.78 Å². The van der Waals surface area contributed by atoms with Crippen LogP contribution in [0.5, 0.6) is 5.75 Å². The lowest BCUT2D eigenvalue weighted by molar-refractivity contribution is 0.0603. The van der Waals surface area contributed by atoms with Crippen LogP contribution in [0.15, 0.2) is 34.4 Å². The van der Waals surface area contributed by atoms with E-state index in [2.05, 4.69) is 4.98 Å². The summed E-state index contributed by atoms with van der Waals surface area (Å²) in [5.74, 6) is 0.921. The average Bonchev–Trinajstić information content (AvgIpc) is 3.29. The standard InChI is InChI=1S/C27H26ClN3O4S/c1-15-12-20(25-24(29-15)21(14-36-25)27(33)34-3)19-13-17(28)8-9-23(19)35-11-10-31-16(2)30-22-7-5-4-6-18(22)26(31)32/h8-9,12-14H,4-7,10-11H2,1-3H3. The number of halogens is 1. The molecule has 0 aliphatic heterocycles. The molecule has 0 bridgehead atoms. The molecule has 0 radical (unpaired) electrons. The number of thiophene rings is 1. The van der Waals surface area contributed by atoms with E-state index in [1.54, 1.807) is 16.0 Å². The number of methoxy groups -OCH3 is 1. The zero-order valence-electron chi connectivity index (χ0n) is 20.4. The second-order valence-corrected chi connectivity index (χ2v) is 10.2. The summed E-state index contributed by atoms with van der Waals surface area (Å²) in [6, 6.07) is 7.41. The van der Waals surface area contributed by atoms with Gasteiger partial charge in [0.25, 0.3) is 5.56 Å². The summed E-state index contributed by atoms with van der Waals surface area (Å²) in [7, 11) is 1.36. The van der Waals surface area contributed by atoms with Gasteiger partial charge in [0, 0.05) is 32.8 Å². The largest absolute Gasteiger partial charge is 0.491 e. The van der Waals surface area contributed by atoms with Crippen LogP contribution in [0.4, 0.5) is 0 Å². The predicted octanol–water partition coefficient (Wildman–Crippen LogP) is 5.53. The van der Waals surface area contributed by atoms with Crippen molar-refractivity contribution >= 4 is 39.1 Å². The predicted molar refractivity (Wildman–Crippen MR) is 142 cm³/mol. The summed E-state index contributed by atoms with van der Waals surface area (Å²) in [6.45, 7) is 4.44. The third-order valence-corrected chi connectivity index (χ3v) is 7.73. The lowest BCUT2D eigenvalue weighted by Crippen LogP contribution is -2.32. The van der Waals surface area contributed by atoms with Gasteiger partial charge in [0.15, 0.2) is 0 Å². The molecule has 7 nitrogen and oxygen atoms in total. The molecule has 0 saturated heterocycles. The maximum Gasteiger partial charge on any atom is 0.340 e. The Bertz CT molecular complexity index is 1540. The van der Waals surface area contributed by atoms with Gasteiger partial charge in [-0.15, -0.1) is 11.3 Å². The van der Waals surface area contributed by atoms with Crippen molar-refractivity contribution in [2.24, 2.45) is 0 Å². The Morgan fingerprint density at radius 2 is 1.94 bits per heavy atom. The molecule has 36 heavy (non-hydrogen) atoms. The van der Waals surface area contributed by atoms with E-state index in [1.807, 2.05) is 32.0 Å². The average molecular weight is 524 g/mol. The fourth-order valence-electron chi connectivity index (χ4n) is 4.75. The van der Waals surface area contributed by atoms with Crippen molar-refractivity contribution in [1.82, 2.24) is 14.5 Å². The van der Waals surface area contributed by atoms with Gasteiger partial charge in [0.1, 0.15) is 18.2 Å². The van der Waals surface area contributed by atoms with E-state index in [0.29, 0.717) is 40.8 Å². The number of esters is 1. The van der Waals surface area contributed by atoms with Crippen LogP contribution in [-0.4, -0.2) is 34.2 Å². The van der Waals surface area contributed by atoms with Gasteiger partial charge in [-0.05, 0) is 63.8 Å². The number of benzene rings is 1. The van der Waals surface area contributed by atoms with Crippen molar-refractivity contribution in [3.63, 3.8) is 0 Å². The molecule has 1 aliphatic rings. The minimum Gasteiger partial charge on any atom is -0.491 e. The smallest absolute Gasteiger partial charge is 0.340 e. The van der Waals surface area contributed by atoms with Gasteiger partial charge in [0.2, 0.25) is 0 Å². The number of aryl methyl sites for hydroxylation is 3. The van der Waals surface area contributed by atoms with Gasteiger partial charge in [-0.2, -0.15) is 0 Å². The molecule has 0 N–H and O–H groups in total. The maximum atomic E-state index is 13.1. The summed E-state index contributed by atoms with van der Waals surface area (Å²) >= 11 is 7.80. The van der Waals surface area contributed by atoms with Crippen molar-refractivity contribution < 1.29 is 14.3 Å². The summed E-state index contributed by atoms with van der Waals surface area (Å²) in [5, 5.41) is 2.33. The van der Waals surface area contributed by atoms with Crippen molar-refractivity contribution in [1.29, 1.82) is 0 Å². The van der Waals surface area contributed by atoms with E-state index < -0.39 is 5.97 Å². The highest BCUT2D eigenvalue weighted by Gasteiger charge is 2.21. The van der Waals surface area contributed by atoms with E-state index in [-0.39, 0.29) is 5.56 Å². The zero-order valence-corrected chi connectivity index (χ0v) is 22.0. The summed E-state index contributed by atoms with van der Waals surface area (Å²) < 4.78 is 13.7. The summed E-state index contributed by atoms with van der Waals surface area (Å²) in [4.78, 5) is 34.6. The fourth-order valence-corrected chi connectivity index (χ4v) is 5.93. The normalized spacial score (nSPS) is 13.0. The van der Waals surface area contributed by atoms with E-state index >= 15 is 0 Å². The summed E-state index contributed by atoms with van der Waals surface area (Å²) in [5.41, 5.74) is 5.28. The number of rotatable bonds is 6. The van der Waals surface area contributed by atoms with Gasteiger partial charge >= 0.3 is 5.97 Å². The van der Waals surface area contributed by atoms with Crippen molar-refractivity contribution in [2.45, 2.75) is 46.1 Å². The first-order chi connectivity index (χ1) is 17.4. The molecule has 9 heteroatoms. The monoisotopic (exact) mass is 523 g/mol. The van der Waals surface area contributed by atoms with Crippen LogP contribution < -0.4 is 10.3 Å². The number of ether oxygens (including phenoxy) is 2. The second-order valence-electron chi connectivity index (χ2n) is 8.87. The van der Waals surface area contributed by atoms with Crippen LogP contribution in [0.2, 0.25) is 5.02 Å². The van der Waals surface area contributed by atoms with Gasteiger partial charge in [-0.1, -0.05) is 11.6 Å². The van der Waals surface area contributed by atoms with Crippen LogP contribution in [0.3, 0.4) is 0 Å². The Kier molecular flexibility index (Phi) is 6.81.